The van der Waals surface area contributed by atoms with Crippen LogP contribution in [0, 0.1) is 10.1 Å². The molecule has 0 saturated carbocycles. The molecule has 0 unspecified atom stereocenters. The van der Waals surface area contributed by atoms with Crippen LogP contribution < -0.4 is 5.73 Å². The van der Waals surface area contributed by atoms with Gasteiger partial charge in [0, 0.05) is 30.2 Å². The van der Waals surface area contributed by atoms with Crippen molar-refractivity contribution in [3.8, 4) is 5.75 Å². The quantitative estimate of drug-likeness (QED) is 0.647. The zero-order valence-electron chi connectivity index (χ0n) is 8.85. The lowest BCUT2D eigenvalue weighted by atomic mass is 10.0. The van der Waals surface area contributed by atoms with Gasteiger partial charge in [0.15, 0.2) is 0 Å². The maximum absolute atomic E-state index is 12.2. The minimum absolute atomic E-state index is 0. The van der Waals surface area contributed by atoms with E-state index >= 15 is 0 Å². The molecular weight excluding hydrogens is 337 g/mol. The normalized spacial score (nSPS) is 12.1. The summed E-state index contributed by atoms with van der Waals surface area (Å²) in [6.45, 7) is 0. The molecule has 1 aromatic carbocycles. The first kappa shape index (κ1) is 17.0. The van der Waals surface area contributed by atoms with E-state index in [1.807, 2.05) is 0 Å². The van der Waals surface area contributed by atoms with Gasteiger partial charge in [-0.25, -0.2) is 8.78 Å². The van der Waals surface area contributed by atoms with E-state index in [0.717, 1.165) is 12.1 Å². The predicted octanol–water partition coefficient (Wildman–Crippen LogP) is 3.14. The van der Waals surface area contributed by atoms with Crippen molar-refractivity contribution in [1.29, 1.82) is 0 Å². The Morgan fingerprint density at radius 3 is 2.50 bits per heavy atom. The van der Waals surface area contributed by atoms with E-state index in [9.17, 15) is 24.0 Å². The van der Waals surface area contributed by atoms with Gasteiger partial charge in [0.05, 0.1) is 9.40 Å². The van der Waals surface area contributed by atoms with Gasteiger partial charge in [-0.15, -0.1) is 12.4 Å². The van der Waals surface area contributed by atoms with E-state index in [0.29, 0.717) is 0 Å². The number of rotatable bonds is 4. The van der Waals surface area contributed by atoms with Gasteiger partial charge in [-0.3, -0.25) is 10.1 Å². The molecule has 0 amide bonds. The molecule has 0 aliphatic rings. The van der Waals surface area contributed by atoms with Crippen LogP contribution in [0.3, 0.4) is 0 Å². The fourth-order valence-electron chi connectivity index (χ4n) is 1.31. The van der Waals surface area contributed by atoms with Gasteiger partial charge in [0.25, 0.3) is 5.69 Å². The lowest BCUT2D eigenvalue weighted by molar-refractivity contribution is -0.385. The fourth-order valence-corrected chi connectivity index (χ4v) is 1.78. The number of nitrogens with zero attached hydrogens (tertiary/aromatic N) is 1. The number of phenols is 1. The Balaban J connectivity index is 0.00000289. The zero-order chi connectivity index (χ0) is 13.2. The van der Waals surface area contributed by atoms with Gasteiger partial charge < -0.3 is 10.8 Å². The largest absolute Gasteiger partial charge is 0.506 e. The summed E-state index contributed by atoms with van der Waals surface area (Å²) >= 11 is 2.90. The van der Waals surface area contributed by atoms with Crippen LogP contribution in [-0.2, 0) is 0 Å². The number of hydrogen-bond donors (Lipinski definition) is 2. The van der Waals surface area contributed by atoms with Crippen molar-refractivity contribution >= 4 is 34.0 Å². The second kappa shape index (κ2) is 6.81. The topological polar surface area (TPSA) is 89.4 Å². The van der Waals surface area contributed by atoms with Gasteiger partial charge in [0.1, 0.15) is 5.75 Å². The van der Waals surface area contributed by atoms with Crippen LogP contribution in [0.5, 0.6) is 5.75 Å². The number of hydrogen-bond acceptors (Lipinski definition) is 4. The molecule has 0 bridgehead atoms. The molecule has 0 aromatic heterocycles. The fraction of sp³-hybridized carbons (Fsp3) is 0.333. The maximum atomic E-state index is 12.2. The van der Waals surface area contributed by atoms with Gasteiger partial charge in [-0.1, -0.05) is 0 Å². The molecule has 3 N–H and O–H groups in total. The average molecular weight is 348 g/mol. The van der Waals surface area contributed by atoms with E-state index in [4.69, 9.17) is 5.73 Å². The molecule has 102 valence electrons. The van der Waals surface area contributed by atoms with Crippen molar-refractivity contribution in [3.63, 3.8) is 0 Å². The summed E-state index contributed by atoms with van der Waals surface area (Å²) in [7, 11) is 0. The van der Waals surface area contributed by atoms with Crippen molar-refractivity contribution in [2.75, 3.05) is 0 Å². The third-order valence-electron chi connectivity index (χ3n) is 2.12. The van der Waals surface area contributed by atoms with Crippen molar-refractivity contribution in [1.82, 2.24) is 0 Å². The number of nitro benzene ring substituents is 1. The second-order valence-electron chi connectivity index (χ2n) is 3.36. The average Bonchev–Trinajstić information content (AvgIpc) is 2.20. The Morgan fingerprint density at radius 1 is 1.50 bits per heavy atom. The highest BCUT2D eigenvalue weighted by molar-refractivity contribution is 9.10. The maximum Gasteiger partial charge on any atom is 0.271 e. The smallest absolute Gasteiger partial charge is 0.271 e. The highest BCUT2D eigenvalue weighted by Gasteiger charge is 2.21. The molecule has 0 fully saturated rings. The van der Waals surface area contributed by atoms with Gasteiger partial charge >= 0.3 is 0 Å². The van der Waals surface area contributed by atoms with Crippen LogP contribution in [-0.4, -0.2) is 16.5 Å². The lowest BCUT2D eigenvalue weighted by Crippen LogP contribution is -2.14. The number of nitro groups is 1. The standard InChI is InChI=1S/C9H9BrF2N2O3.ClH/c10-6-2-4(14(16)17)1-5(9(6)15)7(13)3-8(11)12;/h1-2,7-8,15H,3,13H2;1H/t7-;/m0./s1. The molecule has 0 aliphatic carbocycles. The van der Waals surface area contributed by atoms with Crippen molar-refractivity contribution in [3.05, 3.63) is 32.3 Å². The Kier molecular flexibility index (Phi) is 6.44. The van der Waals surface area contributed by atoms with Crippen LogP contribution >= 0.6 is 28.3 Å². The molecule has 1 rings (SSSR count). The molecule has 18 heavy (non-hydrogen) atoms. The first-order chi connectivity index (χ1) is 7.82. The molecule has 5 nitrogen and oxygen atoms in total. The number of aromatic hydroxyl groups is 1. The van der Waals surface area contributed by atoms with Crippen LogP contribution in [0.15, 0.2) is 16.6 Å². The van der Waals surface area contributed by atoms with E-state index in [2.05, 4.69) is 15.9 Å². The van der Waals surface area contributed by atoms with Gasteiger partial charge in [0.2, 0.25) is 6.43 Å². The molecule has 1 aromatic rings. The Hall–Kier alpha value is -0.990. The molecule has 1 atom stereocenters. The summed E-state index contributed by atoms with van der Waals surface area (Å²) in [6.07, 6.45) is -3.33. The molecule has 0 radical (unpaired) electrons. The van der Waals surface area contributed by atoms with E-state index < -0.39 is 23.8 Å². The van der Waals surface area contributed by atoms with Crippen molar-refractivity contribution in [2.45, 2.75) is 18.9 Å². The summed E-state index contributed by atoms with van der Waals surface area (Å²) in [5.74, 6) is -0.358. The van der Waals surface area contributed by atoms with E-state index in [1.165, 1.54) is 0 Å². The number of nitrogens with two attached hydrogens (primary N) is 1. The summed E-state index contributed by atoms with van der Waals surface area (Å²) in [5, 5.41) is 20.2. The van der Waals surface area contributed by atoms with Gasteiger partial charge in [-0.2, -0.15) is 0 Å². The van der Waals surface area contributed by atoms with Crippen LogP contribution in [0.4, 0.5) is 14.5 Å². The van der Waals surface area contributed by atoms with Gasteiger partial charge in [-0.05, 0) is 15.9 Å². The Labute approximate surface area is 116 Å². The molecule has 0 heterocycles. The minimum atomic E-state index is -2.65. The summed E-state index contributed by atoms with van der Waals surface area (Å²) in [6, 6.07) is 0.910. The molecule has 9 heteroatoms. The molecule has 0 aliphatic heterocycles. The summed E-state index contributed by atoms with van der Waals surface area (Å²) in [5.41, 5.74) is 5.05. The molecular formula is C9H10BrClF2N2O3. The number of alkyl halides is 2. The highest BCUT2D eigenvalue weighted by atomic mass is 79.9. The van der Waals surface area contributed by atoms with E-state index in [1.54, 1.807) is 0 Å². The zero-order valence-corrected chi connectivity index (χ0v) is 11.2. The summed E-state index contributed by atoms with van der Waals surface area (Å²) in [4.78, 5) is 9.88. The van der Waals surface area contributed by atoms with E-state index in [-0.39, 0.29) is 33.9 Å². The first-order valence-corrected chi connectivity index (χ1v) is 5.32. The second-order valence-corrected chi connectivity index (χ2v) is 4.21. The summed E-state index contributed by atoms with van der Waals surface area (Å²) < 4.78 is 24.4. The molecule has 0 saturated heterocycles. The number of halogens is 4. The molecule has 0 spiro atoms. The van der Waals surface area contributed by atoms with Crippen molar-refractivity contribution in [2.24, 2.45) is 5.73 Å². The lowest BCUT2D eigenvalue weighted by Gasteiger charge is -2.13. The highest BCUT2D eigenvalue weighted by Crippen LogP contribution is 2.36. The first-order valence-electron chi connectivity index (χ1n) is 4.53. The number of benzene rings is 1. The Bertz CT molecular complexity index is 448. The monoisotopic (exact) mass is 346 g/mol. The van der Waals surface area contributed by atoms with Crippen molar-refractivity contribution < 1.29 is 18.8 Å². The Morgan fingerprint density at radius 2 is 2.06 bits per heavy atom. The minimum Gasteiger partial charge on any atom is -0.506 e. The number of non-ortho nitro benzene ring substituents is 1. The van der Waals surface area contributed by atoms with Crippen LogP contribution in [0.25, 0.3) is 0 Å². The number of phenolic OH excluding ortho intramolecular Hbond substituents is 1. The predicted molar refractivity (Wildman–Crippen MR) is 67.3 cm³/mol. The SMILES string of the molecule is Cl.N[C@@H](CC(F)F)c1cc([N+](=O)[O-])cc(Br)c1O. The van der Waals surface area contributed by atoms with Crippen LogP contribution in [0.1, 0.15) is 18.0 Å². The third kappa shape index (κ3) is 4.04. The third-order valence-corrected chi connectivity index (χ3v) is 2.72. The van der Waals surface area contributed by atoms with Crippen LogP contribution in [0.2, 0.25) is 0 Å².